The summed E-state index contributed by atoms with van der Waals surface area (Å²) in [5, 5.41) is 0.713. The van der Waals surface area contributed by atoms with Crippen molar-refractivity contribution >= 4 is 16.5 Å². The highest BCUT2D eigenvalue weighted by molar-refractivity contribution is 7.15. The lowest BCUT2D eigenvalue weighted by molar-refractivity contribution is 0.783. The first-order chi connectivity index (χ1) is 8.65. The van der Waals surface area contributed by atoms with E-state index in [0.29, 0.717) is 17.0 Å². The van der Waals surface area contributed by atoms with Crippen molar-refractivity contribution in [3.8, 4) is 0 Å². The predicted octanol–water partition coefficient (Wildman–Crippen LogP) is 3.93. The van der Waals surface area contributed by atoms with Crippen LogP contribution in [0.3, 0.4) is 0 Å². The molecule has 3 rings (SSSR count). The molecule has 18 heavy (non-hydrogen) atoms. The topological polar surface area (TPSA) is 38.9 Å². The van der Waals surface area contributed by atoms with Crippen LogP contribution in [0.5, 0.6) is 0 Å². The molecule has 0 fully saturated rings. The van der Waals surface area contributed by atoms with Crippen LogP contribution in [0.1, 0.15) is 53.8 Å². The minimum atomic E-state index is 0.508. The fourth-order valence-electron chi connectivity index (χ4n) is 2.70. The lowest BCUT2D eigenvalue weighted by Gasteiger charge is -2.13. The lowest BCUT2D eigenvalue weighted by atomic mass is 9.93. The molecule has 0 radical (unpaired) electrons. The SMILES string of the molecule is CC(C)c1cccc(C2CCc3nc(N)sc32)c1. The van der Waals surface area contributed by atoms with E-state index in [9.17, 15) is 0 Å². The van der Waals surface area contributed by atoms with E-state index in [0.717, 1.165) is 6.42 Å². The van der Waals surface area contributed by atoms with E-state index in [2.05, 4.69) is 43.1 Å². The van der Waals surface area contributed by atoms with Crippen molar-refractivity contribution in [2.24, 2.45) is 0 Å². The van der Waals surface area contributed by atoms with Gasteiger partial charge in [-0.3, -0.25) is 0 Å². The quantitative estimate of drug-likeness (QED) is 0.886. The van der Waals surface area contributed by atoms with Crippen LogP contribution in [-0.4, -0.2) is 4.98 Å². The maximum Gasteiger partial charge on any atom is 0.180 e. The molecular weight excluding hydrogens is 240 g/mol. The first-order valence-corrected chi connectivity index (χ1v) is 7.31. The Morgan fingerprint density at radius 3 is 3.00 bits per heavy atom. The van der Waals surface area contributed by atoms with Gasteiger partial charge < -0.3 is 5.73 Å². The van der Waals surface area contributed by atoms with Crippen LogP contribution < -0.4 is 5.73 Å². The van der Waals surface area contributed by atoms with E-state index in [1.54, 1.807) is 11.3 Å². The molecule has 0 bridgehead atoms. The van der Waals surface area contributed by atoms with Gasteiger partial charge in [-0.15, -0.1) is 11.3 Å². The maximum absolute atomic E-state index is 5.81. The molecule has 1 unspecified atom stereocenters. The summed E-state index contributed by atoms with van der Waals surface area (Å²) in [6, 6.07) is 8.97. The minimum Gasteiger partial charge on any atom is -0.375 e. The molecule has 1 aliphatic carbocycles. The van der Waals surface area contributed by atoms with Crippen LogP contribution in [0.15, 0.2) is 24.3 Å². The molecule has 94 valence electrons. The number of benzene rings is 1. The van der Waals surface area contributed by atoms with E-state index in [1.165, 1.54) is 28.1 Å². The Morgan fingerprint density at radius 2 is 2.22 bits per heavy atom. The number of nitrogen functional groups attached to an aromatic ring is 1. The van der Waals surface area contributed by atoms with Crippen LogP contribution in [0.25, 0.3) is 0 Å². The van der Waals surface area contributed by atoms with Crippen molar-refractivity contribution in [1.29, 1.82) is 0 Å². The van der Waals surface area contributed by atoms with Crippen LogP contribution in [0.2, 0.25) is 0 Å². The summed E-state index contributed by atoms with van der Waals surface area (Å²) in [6.45, 7) is 4.48. The molecule has 2 nitrogen and oxygen atoms in total. The number of fused-ring (bicyclic) bond motifs is 1. The molecule has 0 spiro atoms. The van der Waals surface area contributed by atoms with Crippen molar-refractivity contribution in [3.63, 3.8) is 0 Å². The number of aromatic nitrogens is 1. The first kappa shape index (κ1) is 11.7. The Balaban J connectivity index is 1.99. The Hall–Kier alpha value is -1.35. The fraction of sp³-hybridized carbons (Fsp3) is 0.400. The standard InChI is InChI=1S/C15H18N2S/c1-9(2)10-4-3-5-11(8-10)12-6-7-13-14(12)18-15(16)17-13/h3-5,8-9,12H,6-7H2,1-2H3,(H2,16,17). The van der Waals surface area contributed by atoms with Crippen molar-refractivity contribution in [2.45, 2.75) is 38.5 Å². The largest absolute Gasteiger partial charge is 0.375 e. The number of thiazole rings is 1. The van der Waals surface area contributed by atoms with Gasteiger partial charge in [-0.25, -0.2) is 4.98 Å². The van der Waals surface area contributed by atoms with Crippen molar-refractivity contribution < 1.29 is 0 Å². The fourth-order valence-corrected chi connectivity index (χ4v) is 3.74. The summed E-state index contributed by atoms with van der Waals surface area (Å²) in [6.07, 6.45) is 2.25. The minimum absolute atomic E-state index is 0.508. The molecule has 1 heterocycles. The number of anilines is 1. The smallest absolute Gasteiger partial charge is 0.180 e. The van der Waals surface area contributed by atoms with Crippen LogP contribution in [0, 0.1) is 0 Å². The van der Waals surface area contributed by atoms with E-state index < -0.39 is 0 Å². The normalized spacial score (nSPS) is 18.3. The Morgan fingerprint density at radius 1 is 1.39 bits per heavy atom. The summed E-state index contributed by atoms with van der Waals surface area (Å²) in [4.78, 5) is 5.80. The third kappa shape index (κ3) is 1.93. The monoisotopic (exact) mass is 258 g/mol. The molecule has 3 heteroatoms. The van der Waals surface area contributed by atoms with Gasteiger partial charge >= 0.3 is 0 Å². The molecule has 0 amide bonds. The summed E-state index contributed by atoms with van der Waals surface area (Å²) >= 11 is 1.66. The highest BCUT2D eigenvalue weighted by atomic mass is 32.1. The zero-order valence-electron chi connectivity index (χ0n) is 10.8. The van der Waals surface area contributed by atoms with Gasteiger partial charge in [0.05, 0.1) is 5.69 Å². The van der Waals surface area contributed by atoms with E-state index in [4.69, 9.17) is 5.73 Å². The lowest BCUT2D eigenvalue weighted by Crippen LogP contribution is -1.97. The zero-order chi connectivity index (χ0) is 12.7. The molecule has 0 saturated heterocycles. The molecule has 2 N–H and O–H groups in total. The number of nitrogens with two attached hydrogens (primary N) is 1. The average molecular weight is 258 g/mol. The van der Waals surface area contributed by atoms with Gasteiger partial charge in [0.2, 0.25) is 0 Å². The number of nitrogens with zero attached hydrogens (tertiary/aromatic N) is 1. The van der Waals surface area contributed by atoms with E-state index in [1.807, 2.05) is 0 Å². The van der Waals surface area contributed by atoms with Gasteiger partial charge in [0.15, 0.2) is 5.13 Å². The molecule has 1 atom stereocenters. The van der Waals surface area contributed by atoms with Crippen LogP contribution in [-0.2, 0) is 6.42 Å². The summed E-state index contributed by atoms with van der Waals surface area (Å²) in [5.41, 5.74) is 9.87. The average Bonchev–Trinajstić information content (AvgIpc) is 2.87. The maximum atomic E-state index is 5.81. The Kier molecular flexibility index (Phi) is 2.86. The number of rotatable bonds is 2. The van der Waals surface area contributed by atoms with Gasteiger partial charge in [0.1, 0.15) is 0 Å². The number of aryl methyl sites for hydroxylation is 1. The predicted molar refractivity (Wildman–Crippen MR) is 77.2 cm³/mol. The summed E-state index contributed by atoms with van der Waals surface area (Å²) in [7, 11) is 0. The molecule has 1 aliphatic rings. The molecule has 1 aromatic heterocycles. The Bertz CT molecular complexity index is 572. The van der Waals surface area contributed by atoms with Crippen LogP contribution >= 0.6 is 11.3 Å². The van der Waals surface area contributed by atoms with Gasteiger partial charge in [-0.1, -0.05) is 38.1 Å². The van der Waals surface area contributed by atoms with Crippen molar-refractivity contribution in [3.05, 3.63) is 46.0 Å². The molecule has 1 aromatic carbocycles. The van der Waals surface area contributed by atoms with E-state index in [-0.39, 0.29) is 0 Å². The number of hydrogen-bond donors (Lipinski definition) is 1. The second-order valence-electron chi connectivity index (χ2n) is 5.28. The van der Waals surface area contributed by atoms with Gasteiger partial charge in [-0.05, 0) is 29.9 Å². The van der Waals surface area contributed by atoms with Gasteiger partial charge in [0, 0.05) is 10.8 Å². The summed E-state index contributed by atoms with van der Waals surface area (Å²) < 4.78 is 0. The molecule has 2 aromatic rings. The van der Waals surface area contributed by atoms with Gasteiger partial charge in [-0.2, -0.15) is 0 Å². The molecule has 0 saturated carbocycles. The third-order valence-corrected chi connectivity index (χ3v) is 4.75. The zero-order valence-corrected chi connectivity index (χ0v) is 11.6. The second-order valence-corrected chi connectivity index (χ2v) is 6.34. The van der Waals surface area contributed by atoms with Crippen LogP contribution in [0.4, 0.5) is 5.13 Å². The highest BCUT2D eigenvalue weighted by Crippen LogP contribution is 2.42. The molecule has 0 aliphatic heterocycles. The van der Waals surface area contributed by atoms with Crippen molar-refractivity contribution in [2.75, 3.05) is 5.73 Å². The van der Waals surface area contributed by atoms with E-state index >= 15 is 0 Å². The van der Waals surface area contributed by atoms with Crippen molar-refractivity contribution in [1.82, 2.24) is 4.98 Å². The first-order valence-electron chi connectivity index (χ1n) is 6.50. The summed E-state index contributed by atoms with van der Waals surface area (Å²) in [5.74, 6) is 1.09. The second kappa shape index (κ2) is 4.39. The Labute approximate surface area is 112 Å². The number of hydrogen-bond acceptors (Lipinski definition) is 3. The third-order valence-electron chi connectivity index (χ3n) is 3.71. The molecular formula is C15H18N2S. The highest BCUT2D eigenvalue weighted by Gasteiger charge is 2.27. The van der Waals surface area contributed by atoms with Gasteiger partial charge in [0.25, 0.3) is 0 Å².